The standard InChI is InChI=1S/C10H10INO/c11-6-9-7-12-10(13-9)8-4-2-1-3-5-8/h1-5,9H,6-7H2. The molecule has 68 valence electrons. The number of aliphatic imine (C=N–C) groups is 1. The Morgan fingerprint density at radius 2 is 2.15 bits per heavy atom. The molecular weight excluding hydrogens is 277 g/mol. The van der Waals surface area contributed by atoms with Crippen LogP contribution >= 0.6 is 22.6 Å². The van der Waals surface area contributed by atoms with Crippen LogP contribution < -0.4 is 0 Å². The highest BCUT2D eigenvalue weighted by molar-refractivity contribution is 14.1. The largest absolute Gasteiger partial charge is 0.471 e. The molecule has 0 saturated carbocycles. The fourth-order valence-electron chi connectivity index (χ4n) is 1.24. The molecule has 0 bridgehead atoms. The summed E-state index contributed by atoms with van der Waals surface area (Å²) in [7, 11) is 0. The summed E-state index contributed by atoms with van der Waals surface area (Å²) in [5.41, 5.74) is 1.08. The molecule has 0 aliphatic carbocycles. The normalized spacial score (nSPS) is 21.0. The zero-order valence-electron chi connectivity index (χ0n) is 7.11. The van der Waals surface area contributed by atoms with Gasteiger partial charge < -0.3 is 4.74 Å². The zero-order chi connectivity index (χ0) is 9.10. The van der Waals surface area contributed by atoms with Crippen molar-refractivity contribution in [1.82, 2.24) is 0 Å². The third-order valence-corrected chi connectivity index (χ3v) is 2.89. The van der Waals surface area contributed by atoms with E-state index < -0.39 is 0 Å². The first-order chi connectivity index (χ1) is 6.40. The van der Waals surface area contributed by atoms with E-state index in [-0.39, 0.29) is 6.10 Å². The molecule has 1 heterocycles. The second kappa shape index (κ2) is 4.09. The molecule has 2 nitrogen and oxygen atoms in total. The minimum Gasteiger partial charge on any atom is -0.471 e. The van der Waals surface area contributed by atoms with E-state index in [9.17, 15) is 0 Å². The quantitative estimate of drug-likeness (QED) is 0.604. The van der Waals surface area contributed by atoms with E-state index in [1.807, 2.05) is 30.3 Å². The number of benzene rings is 1. The minimum absolute atomic E-state index is 0.274. The lowest BCUT2D eigenvalue weighted by Gasteiger charge is -2.06. The van der Waals surface area contributed by atoms with Gasteiger partial charge in [0.05, 0.1) is 6.54 Å². The van der Waals surface area contributed by atoms with Gasteiger partial charge in [-0.15, -0.1) is 0 Å². The van der Waals surface area contributed by atoms with Gasteiger partial charge in [-0.3, -0.25) is 0 Å². The number of alkyl halides is 1. The summed E-state index contributed by atoms with van der Waals surface area (Å²) in [5, 5.41) is 0. The molecule has 1 aliphatic heterocycles. The number of halogens is 1. The first-order valence-electron chi connectivity index (χ1n) is 4.22. The molecule has 0 saturated heterocycles. The van der Waals surface area contributed by atoms with Gasteiger partial charge in [-0.1, -0.05) is 40.8 Å². The van der Waals surface area contributed by atoms with Crippen molar-refractivity contribution in [2.45, 2.75) is 6.10 Å². The van der Waals surface area contributed by atoms with Gasteiger partial charge in [-0.2, -0.15) is 0 Å². The Morgan fingerprint density at radius 3 is 2.77 bits per heavy atom. The van der Waals surface area contributed by atoms with Crippen LogP contribution in [0.4, 0.5) is 0 Å². The van der Waals surface area contributed by atoms with Crippen LogP contribution in [-0.2, 0) is 4.74 Å². The van der Waals surface area contributed by atoms with Crippen LogP contribution in [0, 0.1) is 0 Å². The highest BCUT2D eigenvalue weighted by Crippen LogP contribution is 2.13. The Balaban J connectivity index is 2.12. The van der Waals surface area contributed by atoms with Gasteiger partial charge in [0.15, 0.2) is 0 Å². The Bertz CT molecular complexity index is 310. The molecule has 1 unspecified atom stereocenters. The van der Waals surface area contributed by atoms with Gasteiger partial charge in [0.2, 0.25) is 5.90 Å². The number of nitrogens with zero attached hydrogens (tertiary/aromatic N) is 1. The van der Waals surface area contributed by atoms with Crippen LogP contribution in [0.15, 0.2) is 35.3 Å². The van der Waals surface area contributed by atoms with Crippen molar-refractivity contribution in [3.05, 3.63) is 35.9 Å². The van der Waals surface area contributed by atoms with Crippen molar-refractivity contribution in [1.29, 1.82) is 0 Å². The van der Waals surface area contributed by atoms with Gasteiger partial charge in [0.1, 0.15) is 6.10 Å². The second-order valence-corrected chi connectivity index (χ2v) is 3.79. The summed E-state index contributed by atoms with van der Waals surface area (Å²) in [6.45, 7) is 0.799. The third kappa shape index (κ3) is 2.02. The van der Waals surface area contributed by atoms with E-state index in [4.69, 9.17) is 4.74 Å². The molecule has 3 heteroatoms. The van der Waals surface area contributed by atoms with Crippen LogP contribution in [-0.4, -0.2) is 23.0 Å². The van der Waals surface area contributed by atoms with E-state index in [1.54, 1.807) is 0 Å². The lowest BCUT2D eigenvalue weighted by molar-refractivity contribution is 0.254. The SMILES string of the molecule is ICC1CN=C(c2ccccc2)O1. The third-order valence-electron chi connectivity index (χ3n) is 1.91. The van der Waals surface area contributed by atoms with Crippen LogP contribution in [0.1, 0.15) is 5.56 Å². The van der Waals surface area contributed by atoms with Gasteiger partial charge in [-0.25, -0.2) is 4.99 Å². The van der Waals surface area contributed by atoms with Crippen LogP contribution in [0.3, 0.4) is 0 Å². The topological polar surface area (TPSA) is 21.6 Å². The summed E-state index contributed by atoms with van der Waals surface area (Å²) in [4.78, 5) is 4.35. The maximum atomic E-state index is 5.64. The highest BCUT2D eigenvalue weighted by Gasteiger charge is 2.18. The molecular formula is C10H10INO. The van der Waals surface area contributed by atoms with Gasteiger partial charge >= 0.3 is 0 Å². The van der Waals surface area contributed by atoms with Crippen molar-refractivity contribution in [3.63, 3.8) is 0 Å². The molecule has 1 aromatic carbocycles. The van der Waals surface area contributed by atoms with Crippen LogP contribution in [0.5, 0.6) is 0 Å². The van der Waals surface area contributed by atoms with Crippen molar-refractivity contribution < 1.29 is 4.74 Å². The van der Waals surface area contributed by atoms with Crippen molar-refractivity contribution in [2.75, 3.05) is 11.0 Å². The fraction of sp³-hybridized carbons (Fsp3) is 0.300. The Morgan fingerprint density at radius 1 is 1.38 bits per heavy atom. The molecule has 0 amide bonds. The summed E-state index contributed by atoms with van der Waals surface area (Å²) in [6.07, 6.45) is 0.274. The van der Waals surface area contributed by atoms with Gasteiger partial charge in [-0.05, 0) is 12.1 Å². The average Bonchev–Trinajstić information content (AvgIpc) is 2.67. The number of hydrogen-bond donors (Lipinski definition) is 0. The van der Waals surface area contributed by atoms with Crippen LogP contribution in [0.2, 0.25) is 0 Å². The van der Waals surface area contributed by atoms with E-state index in [1.165, 1.54) is 0 Å². The molecule has 1 aromatic rings. The molecule has 13 heavy (non-hydrogen) atoms. The molecule has 0 N–H and O–H groups in total. The molecule has 0 spiro atoms. The Kier molecular flexibility index (Phi) is 2.83. The second-order valence-electron chi connectivity index (χ2n) is 2.91. The van der Waals surface area contributed by atoms with E-state index >= 15 is 0 Å². The summed E-state index contributed by atoms with van der Waals surface area (Å²) in [6, 6.07) is 10.0. The molecule has 1 atom stereocenters. The Labute approximate surface area is 91.2 Å². The lowest BCUT2D eigenvalue weighted by atomic mass is 10.2. The van der Waals surface area contributed by atoms with Gasteiger partial charge in [0.25, 0.3) is 0 Å². The summed E-state index contributed by atoms with van der Waals surface area (Å²) < 4.78 is 6.64. The predicted octanol–water partition coefficient (Wildman–Crippen LogP) is 2.27. The zero-order valence-corrected chi connectivity index (χ0v) is 9.27. The minimum atomic E-state index is 0.274. The first-order valence-corrected chi connectivity index (χ1v) is 5.75. The molecule has 0 fully saturated rings. The van der Waals surface area contributed by atoms with Crippen molar-refractivity contribution in [2.24, 2.45) is 4.99 Å². The molecule has 2 rings (SSSR count). The van der Waals surface area contributed by atoms with Crippen molar-refractivity contribution >= 4 is 28.5 Å². The van der Waals surface area contributed by atoms with Gasteiger partial charge in [0, 0.05) is 9.99 Å². The van der Waals surface area contributed by atoms with E-state index in [0.717, 1.165) is 22.4 Å². The molecule has 1 aliphatic rings. The average molecular weight is 287 g/mol. The maximum Gasteiger partial charge on any atom is 0.216 e. The maximum absolute atomic E-state index is 5.64. The predicted molar refractivity (Wildman–Crippen MR) is 61.6 cm³/mol. The monoisotopic (exact) mass is 287 g/mol. The smallest absolute Gasteiger partial charge is 0.216 e. The van der Waals surface area contributed by atoms with Crippen molar-refractivity contribution in [3.8, 4) is 0 Å². The van der Waals surface area contributed by atoms with E-state index in [0.29, 0.717) is 0 Å². The van der Waals surface area contributed by atoms with Crippen LogP contribution in [0.25, 0.3) is 0 Å². The number of ether oxygens (including phenoxy) is 1. The number of rotatable bonds is 2. The Hall–Kier alpha value is -0.580. The lowest BCUT2D eigenvalue weighted by Crippen LogP contribution is -2.14. The summed E-state index contributed by atoms with van der Waals surface area (Å²) >= 11 is 2.32. The summed E-state index contributed by atoms with van der Waals surface area (Å²) in [5.74, 6) is 0.794. The molecule has 0 aromatic heterocycles. The van der Waals surface area contributed by atoms with E-state index in [2.05, 4.69) is 27.6 Å². The fourth-order valence-corrected chi connectivity index (χ4v) is 1.70. The number of hydrogen-bond acceptors (Lipinski definition) is 2. The highest BCUT2D eigenvalue weighted by atomic mass is 127. The molecule has 0 radical (unpaired) electrons. The first kappa shape index (κ1) is 8.99.